The summed E-state index contributed by atoms with van der Waals surface area (Å²) in [6.45, 7) is 6.45. The monoisotopic (exact) mass is 870 g/mol. The topological polar surface area (TPSA) is 95.9 Å². The van der Waals surface area contributed by atoms with E-state index < -0.39 is 18.2 Å². The zero-order valence-electron chi connectivity index (χ0n) is 41.3. The molecule has 62 heavy (non-hydrogen) atoms. The van der Waals surface area contributed by atoms with Crippen LogP contribution in [0.2, 0.25) is 0 Å². The molecular formula is C56H103NO5. The highest BCUT2D eigenvalue weighted by molar-refractivity contribution is 5.77. The zero-order valence-corrected chi connectivity index (χ0v) is 41.3. The van der Waals surface area contributed by atoms with Gasteiger partial charge in [-0.1, -0.05) is 256 Å². The van der Waals surface area contributed by atoms with Gasteiger partial charge in [-0.15, -0.1) is 0 Å². The van der Waals surface area contributed by atoms with Gasteiger partial charge in [0.15, 0.2) is 0 Å². The zero-order chi connectivity index (χ0) is 45.2. The Balaban J connectivity index is 4.60. The van der Waals surface area contributed by atoms with Gasteiger partial charge in [0.25, 0.3) is 0 Å². The molecule has 0 heterocycles. The highest BCUT2D eigenvalue weighted by Gasteiger charge is 2.24. The molecule has 0 rings (SSSR count). The van der Waals surface area contributed by atoms with E-state index in [9.17, 15) is 19.8 Å². The van der Waals surface area contributed by atoms with Crippen molar-refractivity contribution in [2.24, 2.45) is 0 Å². The summed E-state index contributed by atoms with van der Waals surface area (Å²) in [4.78, 5) is 26.2. The highest BCUT2D eigenvalue weighted by Crippen LogP contribution is 2.18. The molecule has 1 amide bonds. The number of rotatable bonds is 48. The Labute approximate surface area is 385 Å². The minimum Gasteiger partial charge on any atom is -0.462 e. The number of aliphatic hydroxyl groups is 2. The van der Waals surface area contributed by atoms with Crippen molar-refractivity contribution in [2.75, 3.05) is 6.61 Å². The Morgan fingerprint density at radius 1 is 0.468 bits per heavy atom. The molecule has 0 aliphatic heterocycles. The fourth-order valence-electron chi connectivity index (χ4n) is 8.15. The molecule has 0 radical (unpaired) electrons. The second-order valence-corrected chi connectivity index (χ2v) is 18.4. The van der Waals surface area contributed by atoms with E-state index >= 15 is 0 Å². The van der Waals surface area contributed by atoms with E-state index in [-0.39, 0.29) is 24.9 Å². The molecular weight excluding hydrogens is 767 g/mol. The quantitative estimate of drug-likeness (QED) is 0.0322. The summed E-state index contributed by atoms with van der Waals surface area (Å²) in [7, 11) is 0. The molecule has 0 aromatic carbocycles. The smallest absolute Gasteiger partial charge is 0.306 e. The van der Waals surface area contributed by atoms with Crippen LogP contribution in [0.5, 0.6) is 0 Å². The van der Waals surface area contributed by atoms with Gasteiger partial charge in [0, 0.05) is 6.42 Å². The average molecular weight is 870 g/mol. The van der Waals surface area contributed by atoms with Crippen LogP contribution in [-0.2, 0) is 14.3 Å². The lowest BCUT2D eigenvalue weighted by Crippen LogP contribution is -2.46. The van der Waals surface area contributed by atoms with Gasteiger partial charge in [-0.2, -0.15) is 0 Å². The summed E-state index contributed by atoms with van der Waals surface area (Å²) in [5, 5.41) is 23.8. The number of carbonyl (C=O) groups is 2. The van der Waals surface area contributed by atoms with E-state index in [1.54, 1.807) is 0 Å². The van der Waals surface area contributed by atoms with Crippen LogP contribution < -0.4 is 5.32 Å². The number of allylic oxidation sites excluding steroid dienone is 8. The number of unbranched alkanes of at least 4 members (excludes halogenated alkanes) is 31. The van der Waals surface area contributed by atoms with Crippen LogP contribution in [0, 0.1) is 0 Å². The van der Waals surface area contributed by atoms with Gasteiger partial charge >= 0.3 is 5.97 Å². The van der Waals surface area contributed by atoms with Gasteiger partial charge in [0.2, 0.25) is 5.91 Å². The second kappa shape index (κ2) is 49.8. The molecule has 3 atom stereocenters. The first-order valence-corrected chi connectivity index (χ1v) is 26.9. The molecule has 6 nitrogen and oxygen atoms in total. The molecule has 362 valence electrons. The number of hydrogen-bond donors (Lipinski definition) is 3. The maximum absolute atomic E-state index is 13.2. The van der Waals surface area contributed by atoms with Crippen molar-refractivity contribution < 1.29 is 24.5 Å². The molecule has 0 fully saturated rings. The SMILES string of the molecule is CCCCC/C=C/C=C/C=C/C=C/CCCCCCCC(=O)OC(CCCCCCCCCCCCCCCC)CC(=O)NC(CO)C(O)CCCCCCCCCCCCC. The fraction of sp³-hybridized carbons (Fsp3) is 0.821. The van der Waals surface area contributed by atoms with E-state index in [1.807, 2.05) is 0 Å². The summed E-state index contributed by atoms with van der Waals surface area (Å²) in [5.41, 5.74) is 0. The third-order valence-corrected chi connectivity index (χ3v) is 12.3. The number of carbonyl (C=O) groups excluding carboxylic acids is 2. The van der Waals surface area contributed by atoms with Crippen molar-refractivity contribution in [2.45, 2.75) is 289 Å². The third-order valence-electron chi connectivity index (χ3n) is 12.3. The fourth-order valence-corrected chi connectivity index (χ4v) is 8.15. The van der Waals surface area contributed by atoms with Crippen LogP contribution in [0.3, 0.4) is 0 Å². The van der Waals surface area contributed by atoms with Crippen molar-refractivity contribution in [3.8, 4) is 0 Å². The first kappa shape index (κ1) is 59.8. The molecule has 0 aliphatic carbocycles. The van der Waals surface area contributed by atoms with Crippen molar-refractivity contribution >= 4 is 11.9 Å². The number of nitrogens with one attached hydrogen (secondary N) is 1. The van der Waals surface area contributed by atoms with Crippen LogP contribution in [0.15, 0.2) is 48.6 Å². The number of aliphatic hydroxyl groups excluding tert-OH is 2. The van der Waals surface area contributed by atoms with Crippen molar-refractivity contribution in [1.82, 2.24) is 5.32 Å². The lowest BCUT2D eigenvalue weighted by Gasteiger charge is -2.24. The molecule has 3 N–H and O–H groups in total. The minimum atomic E-state index is -0.790. The Kier molecular flexibility index (Phi) is 48.1. The summed E-state index contributed by atoms with van der Waals surface area (Å²) in [6.07, 6.45) is 60.2. The lowest BCUT2D eigenvalue weighted by molar-refractivity contribution is -0.151. The normalized spacial score (nSPS) is 13.6. The molecule has 0 saturated heterocycles. The maximum Gasteiger partial charge on any atom is 0.306 e. The predicted octanol–water partition coefficient (Wildman–Crippen LogP) is 16.2. The number of esters is 1. The highest BCUT2D eigenvalue weighted by atomic mass is 16.5. The summed E-state index contributed by atoms with van der Waals surface area (Å²) in [6, 6.07) is -0.704. The lowest BCUT2D eigenvalue weighted by atomic mass is 10.0. The first-order chi connectivity index (χ1) is 30.5. The maximum atomic E-state index is 13.2. The molecule has 0 aliphatic rings. The van der Waals surface area contributed by atoms with Gasteiger partial charge in [0.1, 0.15) is 6.10 Å². The van der Waals surface area contributed by atoms with Gasteiger partial charge in [-0.05, 0) is 51.4 Å². The van der Waals surface area contributed by atoms with E-state index in [4.69, 9.17) is 4.74 Å². The Hall–Kier alpha value is -2.18. The Bertz CT molecular complexity index is 1070. The number of ether oxygens (including phenoxy) is 1. The predicted molar refractivity (Wildman–Crippen MR) is 269 cm³/mol. The molecule has 0 aromatic heterocycles. The molecule has 0 bridgehead atoms. The van der Waals surface area contributed by atoms with Gasteiger partial charge in [0.05, 0.1) is 25.2 Å². The Morgan fingerprint density at radius 2 is 0.823 bits per heavy atom. The molecule has 0 saturated carbocycles. The molecule has 0 spiro atoms. The first-order valence-electron chi connectivity index (χ1n) is 26.9. The third kappa shape index (κ3) is 44.4. The van der Waals surface area contributed by atoms with Gasteiger partial charge in [-0.25, -0.2) is 0 Å². The summed E-state index contributed by atoms with van der Waals surface area (Å²) >= 11 is 0. The Morgan fingerprint density at radius 3 is 1.27 bits per heavy atom. The van der Waals surface area contributed by atoms with Crippen molar-refractivity contribution in [3.63, 3.8) is 0 Å². The standard InChI is InChI=1S/C56H103NO5/c1-4-7-10-13-16-19-22-24-26-27-28-29-31-34-37-40-43-46-49-56(61)62-52(47-44-41-38-35-33-30-25-23-20-17-14-11-8-5-2)50-55(60)57-53(51-58)54(59)48-45-42-39-36-32-21-18-15-12-9-6-3/h16,19,22,24,26-29,52-54,58-59H,4-15,17-18,20-21,23,25,30-51H2,1-3H3,(H,57,60)/b19-16+,24-22+,27-26+,29-28+. The average Bonchev–Trinajstić information content (AvgIpc) is 3.26. The second-order valence-electron chi connectivity index (χ2n) is 18.4. The van der Waals surface area contributed by atoms with Crippen LogP contribution in [0.1, 0.15) is 271 Å². The van der Waals surface area contributed by atoms with E-state index in [2.05, 4.69) is 74.7 Å². The van der Waals surface area contributed by atoms with E-state index in [1.165, 1.54) is 148 Å². The van der Waals surface area contributed by atoms with Gasteiger partial charge in [-0.3, -0.25) is 9.59 Å². The minimum absolute atomic E-state index is 0.0705. The van der Waals surface area contributed by atoms with Gasteiger partial charge < -0.3 is 20.3 Å². The van der Waals surface area contributed by atoms with Crippen LogP contribution >= 0.6 is 0 Å². The molecule has 6 heteroatoms. The molecule has 0 aromatic rings. The number of amides is 1. The summed E-state index contributed by atoms with van der Waals surface area (Å²) in [5.74, 6) is -0.490. The van der Waals surface area contributed by atoms with E-state index in [0.29, 0.717) is 19.3 Å². The van der Waals surface area contributed by atoms with E-state index in [0.717, 1.165) is 77.0 Å². The van der Waals surface area contributed by atoms with Crippen LogP contribution in [0.4, 0.5) is 0 Å². The van der Waals surface area contributed by atoms with Crippen LogP contribution in [-0.4, -0.2) is 46.9 Å². The summed E-state index contributed by atoms with van der Waals surface area (Å²) < 4.78 is 5.94. The van der Waals surface area contributed by atoms with Crippen LogP contribution in [0.25, 0.3) is 0 Å². The van der Waals surface area contributed by atoms with Crippen molar-refractivity contribution in [1.29, 1.82) is 0 Å². The number of hydrogen-bond acceptors (Lipinski definition) is 5. The largest absolute Gasteiger partial charge is 0.462 e. The molecule has 3 unspecified atom stereocenters. The van der Waals surface area contributed by atoms with Crippen molar-refractivity contribution in [3.05, 3.63) is 48.6 Å².